The minimum Gasteiger partial charge on any atom is -0.338 e. The van der Waals surface area contributed by atoms with Gasteiger partial charge in [0.25, 0.3) is 5.91 Å². The van der Waals surface area contributed by atoms with Gasteiger partial charge in [0.2, 0.25) is 5.91 Å². The van der Waals surface area contributed by atoms with Crippen molar-refractivity contribution in [3.05, 3.63) is 66.0 Å². The normalized spacial score (nSPS) is 17.4. The summed E-state index contributed by atoms with van der Waals surface area (Å²) >= 11 is 0. The highest BCUT2D eigenvalue weighted by Gasteiger charge is 2.29. The van der Waals surface area contributed by atoms with Crippen LogP contribution in [0.3, 0.4) is 0 Å². The van der Waals surface area contributed by atoms with E-state index in [0.717, 1.165) is 18.5 Å². The summed E-state index contributed by atoms with van der Waals surface area (Å²) in [7, 11) is 0. The molecule has 2 amide bonds. The number of para-hydroxylation sites is 1. The lowest BCUT2D eigenvalue weighted by atomic mass is 9.96. The summed E-state index contributed by atoms with van der Waals surface area (Å²) in [5.74, 6) is -0.835. The van der Waals surface area contributed by atoms with Gasteiger partial charge >= 0.3 is 0 Å². The smallest absolute Gasteiger partial charge is 0.253 e. The molecule has 4 nitrogen and oxygen atoms in total. The fourth-order valence-electron chi connectivity index (χ4n) is 2.92. The number of carbonyl (C=O) groups excluding carboxylic acids is 2. The van der Waals surface area contributed by atoms with Gasteiger partial charge in [0.15, 0.2) is 0 Å². The molecule has 0 bridgehead atoms. The van der Waals surface area contributed by atoms with Crippen LogP contribution in [-0.4, -0.2) is 29.8 Å². The molecule has 0 saturated carbocycles. The van der Waals surface area contributed by atoms with Gasteiger partial charge < -0.3 is 10.2 Å². The number of nitrogens with zero attached hydrogens (tertiary/aromatic N) is 1. The number of rotatable bonds is 3. The van der Waals surface area contributed by atoms with Crippen LogP contribution < -0.4 is 5.32 Å². The lowest BCUT2D eigenvalue weighted by Crippen LogP contribution is -2.43. The van der Waals surface area contributed by atoms with E-state index >= 15 is 0 Å². The first-order chi connectivity index (χ1) is 11.6. The lowest BCUT2D eigenvalue weighted by Gasteiger charge is -2.32. The monoisotopic (exact) mass is 326 g/mol. The predicted molar refractivity (Wildman–Crippen MR) is 90.1 cm³/mol. The van der Waals surface area contributed by atoms with Gasteiger partial charge in [0, 0.05) is 24.3 Å². The molecule has 24 heavy (non-hydrogen) atoms. The van der Waals surface area contributed by atoms with Crippen LogP contribution in [-0.2, 0) is 4.79 Å². The van der Waals surface area contributed by atoms with Gasteiger partial charge in [-0.3, -0.25) is 9.59 Å². The van der Waals surface area contributed by atoms with Crippen LogP contribution in [0, 0.1) is 11.7 Å². The highest BCUT2D eigenvalue weighted by molar-refractivity contribution is 5.96. The van der Waals surface area contributed by atoms with Crippen molar-refractivity contribution in [2.24, 2.45) is 5.92 Å². The quantitative estimate of drug-likeness (QED) is 0.941. The van der Waals surface area contributed by atoms with Gasteiger partial charge in [-0.2, -0.15) is 0 Å². The van der Waals surface area contributed by atoms with E-state index in [2.05, 4.69) is 5.32 Å². The third-order valence-electron chi connectivity index (χ3n) is 4.21. The standard InChI is InChI=1S/C19H19FN2O2/c20-16-10-8-14(9-11-16)19(24)22-12-4-5-15(13-22)18(23)21-17-6-2-1-3-7-17/h1-3,6-11,15H,4-5,12-13H2,(H,21,23)/t15-/m1/s1. The van der Waals surface area contributed by atoms with E-state index in [1.54, 1.807) is 4.90 Å². The molecule has 3 rings (SSSR count). The third kappa shape index (κ3) is 3.79. The number of carbonyl (C=O) groups is 2. The Hall–Kier alpha value is -2.69. The largest absolute Gasteiger partial charge is 0.338 e. The van der Waals surface area contributed by atoms with Crippen molar-refractivity contribution in [1.29, 1.82) is 0 Å². The molecule has 5 heteroatoms. The van der Waals surface area contributed by atoms with Crippen molar-refractivity contribution >= 4 is 17.5 Å². The van der Waals surface area contributed by atoms with Crippen LogP contribution in [0.5, 0.6) is 0 Å². The molecular weight excluding hydrogens is 307 g/mol. The van der Waals surface area contributed by atoms with Gasteiger partial charge in [0.05, 0.1) is 5.92 Å². The number of benzene rings is 2. The van der Waals surface area contributed by atoms with E-state index in [-0.39, 0.29) is 23.5 Å². The average Bonchev–Trinajstić information content (AvgIpc) is 2.63. The molecule has 1 N–H and O–H groups in total. The van der Waals surface area contributed by atoms with Gasteiger partial charge in [-0.25, -0.2) is 4.39 Å². The Morgan fingerprint density at radius 2 is 1.75 bits per heavy atom. The van der Waals surface area contributed by atoms with Crippen molar-refractivity contribution in [2.45, 2.75) is 12.8 Å². The van der Waals surface area contributed by atoms with Crippen LogP contribution in [0.15, 0.2) is 54.6 Å². The Kier molecular flexibility index (Phi) is 4.89. The molecule has 0 unspecified atom stereocenters. The number of hydrogen-bond acceptors (Lipinski definition) is 2. The molecule has 0 spiro atoms. The summed E-state index contributed by atoms with van der Waals surface area (Å²) < 4.78 is 13.0. The lowest BCUT2D eigenvalue weighted by molar-refractivity contribution is -0.121. The van der Waals surface area contributed by atoms with Gasteiger partial charge in [-0.1, -0.05) is 18.2 Å². The first kappa shape index (κ1) is 16.2. The second-order valence-corrected chi connectivity index (χ2v) is 5.95. The van der Waals surface area contributed by atoms with Crippen molar-refractivity contribution in [1.82, 2.24) is 4.90 Å². The van der Waals surface area contributed by atoms with Crippen LogP contribution in [0.4, 0.5) is 10.1 Å². The summed E-state index contributed by atoms with van der Waals surface area (Å²) in [5.41, 5.74) is 1.20. The predicted octanol–water partition coefficient (Wildman–Crippen LogP) is 3.32. The minimum absolute atomic E-state index is 0.0715. The van der Waals surface area contributed by atoms with E-state index < -0.39 is 0 Å². The summed E-state index contributed by atoms with van der Waals surface area (Å²) in [6.07, 6.45) is 1.53. The van der Waals surface area contributed by atoms with Crippen LogP contribution in [0.25, 0.3) is 0 Å². The van der Waals surface area contributed by atoms with Crippen molar-refractivity contribution < 1.29 is 14.0 Å². The molecule has 0 aliphatic carbocycles. The Labute approximate surface area is 140 Å². The summed E-state index contributed by atoms with van der Waals surface area (Å²) in [6.45, 7) is 1.00. The average molecular weight is 326 g/mol. The molecule has 1 saturated heterocycles. The van der Waals surface area contributed by atoms with E-state index in [9.17, 15) is 14.0 Å². The zero-order chi connectivity index (χ0) is 16.9. The van der Waals surface area contributed by atoms with Gasteiger partial charge in [0.1, 0.15) is 5.82 Å². The Balaban J connectivity index is 1.64. The molecular formula is C19H19FN2O2. The number of hydrogen-bond donors (Lipinski definition) is 1. The van der Waals surface area contributed by atoms with E-state index in [4.69, 9.17) is 0 Å². The maximum atomic E-state index is 13.0. The Bertz CT molecular complexity index is 716. The fourth-order valence-corrected chi connectivity index (χ4v) is 2.92. The van der Waals surface area contributed by atoms with Crippen molar-refractivity contribution in [3.8, 4) is 0 Å². The minimum atomic E-state index is -0.370. The van der Waals surface area contributed by atoms with Crippen LogP contribution in [0.2, 0.25) is 0 Å². The van der Waals surface area contributed by atoms with Gasteiger partial charge in [-0.15, -0.1) is 0 Å². The van der Waals surface area contributed by atoms with E-state index in [1.165, 1.54) is 24.3 Å². The first-order valence-electron chi connectivity index (χ1n) is 8.04. The third-order valence-corrected chi connectivity index (χ3v) is 4.21. The molecule has 124 valence electrons. The SMILES string of the molecule is O=C(Nc1ccccc1)[C@@H]1CCCN(C(=O)c2ccc(F)cc2)C1. The Morgan fingerprint density at radius 1 is 1.04 bits per heavy atom. The second-order valence-electron chi connectivity index (χ2n) is 5.95. The number of nitrogens with one attached hydrogen (secondary N) is 1. The zero-order valence-corrected chi connectivity index (χ0v) is 13.2. The Morgan fingerprint density at radius 3 is 2.46 bits per heavy atom. The van der Waals surface area contributed by atoms with Crippen molar-refractivity contribution in [2.75, 3.05) is 18.4 Å². The summed E-state index contributed by atoms with van der Waals surface area (Å²) in [6, 6.07) is 14.8. The summed E-state index contributed by atoms with van der Waals surface area (Å²) in [4.78, 5) is 26.6. The molecule has 1 aliphatic heterocycles. The number of halogens is 1. The molecule has 1 aliphatic rings. The molecule has 0 aromatic heterocycles. The molecule has 1 heterocycles. The van der Waals surface area contributed by atoms with Crippen molar-refractivity contribution in [3.63, 3.8) is 0 Å². The molecule has 2 aromatic carbocycles. The first-order valence-corrected chi connectivity index (χ1v) is 8.04. The number of likely N-dealkylation sites (tertiary alicyclic amines) is 1. The maximum absolute atomic E-state index is 13.0. The second kappa shape index (κ2) is 7.25. The topological polar surface area (TPSA) is 49.4 Å². The molecule has 0 radical (unpaired) electrons. The van der Waals surface area contributed by atoms with E-state index in [0.29, 0.717) is 18.7 Å². The zero-order valence-electron chi connectivity index (χ0n) is 13.2. The highest BCUT2D eigenvalue weighted by atomic mass is 19.1. The van der Waals surface area contributed by atoms with Gasteiger partial charge in [-0.05, 0) is 49.2 Å². The molecule has 1 fully saturated rings. The van der Waals surface area contributed by atoms with Crippen LogP contribution >= 0.6 is 0 Å². The fraction of sp³-hybridized carbons (Fsp3) is 0.263. The highest BCUT2D eigenvalue weighted by Crippen LogP contribution is 2.20. The van der Waals surface area contributed by atoms with E-state index in [1.807, 2.05) is 30.3 Å². The maximum Gasteiger partial charge on any atom is 0.253 e. The number of amides is 2. The number of anilines is 1. The number of piperidine rings is 1. The summed E-state index contributed by atoms with van der Waals surface area (Å²) in [5, 5.41) is 2.89. The molecule has 2 aromatic rings. The van der Waals surface area contributed by atoms with Crippen LogP contribution in [0.1, 0.15) is 23.2 Å². The molecule has 1 atom stereocenters.